The SMILES string of the molecule is Oc1ccccc1Cc1c(Cc2ccccc2O)n(Cc2ccccc2O)c2ccccc12. The minimum Gasteiger partial charge on any atom is -0.508 e. The van der Waals surface area contributed by atoms with Gasteiger partial charge in [0, 0.05) is 35.0 Å². The Balaban J connectivity index is 1.72. The number of aromatic hydroxyl groups is 3. The van der Waals surface area contributed by atoms with E-state index in [2.05, 4.69) is 16.7 Å². The second-order valence-electron chi connectivity index (χ2n) is 8.27. The highest BCUT2D eigenvalue weighted by Crippen LogP contribution is 2.34. The second kappa shape index (κ2) is 8.75. The highest BCUT2D eigenvalue weighted by Gasteiger charge is 2.20. The number of hydrogen-bond donors (Lipinski definition) is 3. The van der Waals surface area contributed by atoms with E-state index in [0.29, 0.717) is 19.4 Å². The Labute approximate surface area is 192 Å². The molecule has 4 heteroatoms. The molecular formula is C29H25NO3. The van der Waals surface area contributed by atoms with Gasteiger partial charge in [-0.25, -0.2) is 0 Å². The summed E-state index contributed by atoms with van der Waals surface area (Å²) in [4.78, 5) is 0. The molecule has 3 N–H and O–H groups in total. The number of phenolic OH excluding ortho intramolecular Hbond substituents is 3. The Morgan fingerprint density at radius 2 is 1.00 bits per heavy atom. The fraction of sp³-hybridized carbons (Fsp3) is 0.103. The molecule has 0 saturated heterocycles. The van der Waals surface area contributed by atoms with Crippen molar-refractivity contribution >= 4 is 10.9 Å². The molecule has 0 spiro atoms. The quantitative estimate of drug-likeness (QED) is 0.307. The zero-order chi connectivity index (χ0) is 22.8. The number of benzene rings is 4. The summed E-state index contributed by atoms with van der Waals surface area (Å²) < 4.78 is 2.21. The maximum atomic E-state index is 10.5. The molecule has 0 amide bonds. The molecule has 33 heavy (non-hydrogen) atoms. The van der Waals surface area contributed by atoms with Gasteiger partial charge in [-0.2, -0.15) is 0 Å². The van der Waals surface area contributed by atoms with Crippen LogP contribution in [0.5, 0.6) is 17.2 Å². The molecule has 0 aliphatic rings. The second-order valence-corrected chi connectivity index (χ2v) is 8.27. The third-order valence-electron chi connectivity index (χ3n) is 6.22. The van der Waals surface area contributed by atoms with Crippen LogP contribution < -0.4 is 0 Å². The summed E-state index contributed by atoms with van der Waals surface area (Å²) in [7, 11) is 0. The van der Waals surface area contributed by atoms with E-state index in [4.69, 9.17) is 0 Å². The fourth-order valence-electron chi connectivity index (χ4n) is 4.51. The van der Waals surface area contributed by atoms with Crippen molar-refractivity contribution in [3.8, 4) is 17.2 Å². The van der Waals surface area contributed by atoms with Crippen LogP contribution in [-0.4, -0.2) is 19.9 Å². The topological polar surface area (TPSA) is 65.6 Å². The molecular weight excluding hydrogens is 410 g/mol. The van der Waals surface area contributed by atoms with Crippen LogP contribution in [0.25, 0.3) is 10.9 Å². The van der Waals surface area contributed by atoms with Gasteiger partial charge in [-0.05, 0) is 41.0 Å². The van der Waals surface area contributed by atoms with Crippen molar-refractivity contribution in [3.63, 3.8) is 0 Å². The van der Waals surface area contributed by atoms with Crippen LogP contribution >= 0.6 is 0 Å². The van der Waals surface area contributed by atoms with Crippen LogP contribution in [0, 0.1) is 0 Å². The number of hydrogen-bond acceptors (Lipinski definition) is 3. The molecule has 0 aliphatic carbocycles. The first kappa shape index (κ1) is 20.7. The van der Waals surface area contributed by atoms with Gasteiger partial charge in [0.15, 0.2) is 0 Å². The van der Waals surface area contributed by atoms with Gasteiger partial charge in [-0.15, -0.1) is 0 Å². The molecule has 0 bridgehead atoms. The molecule has 0 atom stereocenters. The first-order chi connectivity index (χ1) is 16.1. The minimum absolute atomic E-state index is 0.255. The molecule has 4 aromatic carbocycles. The van der Waals surface area contributed by atoms with Gasteiger partial charge in [0.2, 0.25) is 0 Å². The lowest BCUT2D eigenvalue weighted by molar-refractivity contribution is 0.464. The third-order valence-corrected chi connectivity index (χ3v) is 6.22. The van der Waals surface area contributed by atoms with Gasteiger partial charge in [0.1, 0.15) is 17.2 Å². The van der Waals surface area contributed by atoms with E-state index < -0.39 is 0 Å². The number of rotatable bonds is 6. The van der Waals surface area contributed by atoms with Crippen molar-refractivity contribution in [3.05, 3.63) is 125 Å². The van der Waals surface area contributed by atoms with E-state index in [1.807, 2.05) is 66.7 Å². The smallest absolute Gasteiger partial charge is 0.120 e. The van der Waals surface area contributed by atoms with Crippen LogP contribution in [0.15, 0.2) is 97.1 Å². The van der Waals surface area contributed by atoms with Gasteiger partial charge in [-0.3, -0.25) is 0 Å². The van der Waals surface area contributed by atoms with Crippen molar-refractivity contribution < 1.29 is 15.3 Å². The molecule has 0 fully saturated rings. The molecule has 5 rings (SSSR count). The summed E-state index contributed by atoms with van der Waals surface area (Å²) in [6.45, 7) is 0.497. The van der Waals surface area contributed by atoms with Crippen molar-refractivity contribution in [1.29, 1.82) is 0 Å². The monoisotopic (exact) mass is 435 g/mol. The Kier molecular flexibility index (Phi) is 5.49. The van der Waals surface area contributed by atoms with Crippen LogP contribution in [-0.2, 0) is 19.4 Å². The fourth-order valence-corrected chi connectivity index (χ4v) is 4.51. The highest BCUT2D eigenvalue weighted by molar-refractivity contribution is 5.86. The van der Waals surface area contributed by atoms with E-state index in [1.165, 1.54) is 0 Å². The molecule has 0 radical (unpaired) electrons. The maximum Gasteiger partial charge on any atom is 0.120 e. The lowest BCUT2D eigenvalue weighted by Crippen LogP contribution is -2.07. The van der Waals surface area contributed by atoms with Gasteiger partial charge >= 0.3 is 0 Å². The summed E-state index contributed by atoms with van der Waals surface area (Å²) in [5.41, 5.74) is 5.70. The van der Waals surface area contributed by atoms with Crippen LogP contribution in [0.4, 0.5) is 0 Å². The zero-order valence-electron chi connectivity index (χ0n) is 18.1. The molecule has 0 unspecified atom stereocenters. The maximum absolute atomic E-state index is 10.5. The summed E-state index contributed by atoms with van der Waals surface area (Å²) in [5, 5.41) is 32.5. The summed E-state index contributed by atoms with van der Waals surface area (Å²) in [6, 6.07) is 30.4. The van der Waals surface area contributed by atoms with Crippen LogP contribution in [0.3, 0.4) is 0 Å². The zero-order valence-corrected chi connectivity index (χ0v) is 18.1. The summed E-state index contributed by atoms with van der Waals surface area (Å²) >= 11 is 0. The number of aromatic nitrogens is 1. The lowest BCUT2D eigenvalue weighted by Gasteiger charge is -2.15. The summed E-state index contributed by atoms with van der Waals surface area (Å²) in [6.07, 6.45) is 1.09. The highest BCUT2D eigenvalue weighted by atomic mass is 16.3. The third kappa shape index (κ3) is 4.03. The predicted molar refractivity (Wildman–Crippen MR) is 131 cm³/mol. The number of phenols is 3. The standard InChI is InChI=1S/C29H25NO3/c31-27-14-6-1-9-20(27)17-24-23-12-4-5-13-25(23)30(19-22-11-3-8-16-29(22)33)26(24)18-21-10-2-7-15-28(21)32/h1-16,31-33H,17-19H2. The lowest BCUT2D eigenvalue weighted by atomic mass is 9.97. The molecule has 1 heterocycles. The van der Waals surface area contributed by atoms with E-state index in [-0.39, 0.29) is 17.2 Å². The van der Waals surface area contributed by atoms with Gasteiger partial charge in [-0.1, -0.05) is 72.8 Å². The largest absolute Gasteiger partial charge is 0.508 e. The van der Waals surface area contributed by atoms with Crippen LogP contribution in [0.2, 0.25) is 0 Å². The van der Waals surface area contributed by atoms with Crippen molar-refractivity contribution in [2.45, 2.75) is 19.4 Å². The molecule has 164 valence electrons. The number of para-hydroxylation sites is 4. The number of nitrogens with zero attached hydrogens (tertiary/aromatic N) is 1. The summed E-state index contributed by atoms with van der Waals surface area (Å²) in [5.74, 6) is 0.778. The van der Waals surface area contributed by atoms with Gasteiger partial charge < -0.3 is 19.9 Å². The number of fused-ring (bicyclic) bond motifs is 1. The normalized spacial score (nSPS) is 11.2. The van der Waals surface area contributed by atoms with E-state index in [1.54, 1.807) is 18.2 Å². The molecule has 0 saturated carbocycles. The first-order valence-corrected chi connectivity index (χ1v) is 11.0. The molecule has 1 aromatic heterocycles. The molecule has 5 aromatic rings. The Morgan fingerprint density at radius 1 is 0.515 bits per heavy atom. The molecule has 4 nitrogen and oxygen atoms in total. The van der Waals surface area contributed by atoms with E-state index >= 15 is 0 Å². The van der Waals surface area contributed by atoms with Gasteiger partial charge in [0.05, 0.1) is 6.54 Å². The van der Waals surface area contributed by atoms with Gasteiger partial charge in [0.25, 0.3) is 0 Å². The minimum atomic E-state index is 0.255. The van der Waals surface area contributed by atoms with E-state index in [9.17, 15) is 15.3 Å². The molecule has 0 aliphatic heterocycles. The first-order valence-electron chi connectivity index (χ1n) is 11.0. The van der Waals surface area contributed by atoms with Crippen molar-refractivity contribution in [2.75, 3.05) is 0 Å². The average molecular weight is 436 g/mol. The van der Waals surface area contributed by atoms with Crippen molar-refractivity contribution in [2.24, 2.45) is 0 Å². The Bertz CT molecular complexity index is 1350. The van der Waals surface area contributed by atoms with Crippen molar-refractivity contribution in [1.82, 2.24) is 4.57 Å². The van der Waals surface area contributed by atoms with E-state index in [0.717, 1.165) is 38.9 Å². The average Bonchev–Trinajstić information content (AvgIpc) is 3.11. The van der Waals surface area contributed by atoms with Crippen LogP contribution in [0.1, 0.15) is 27.9 Å². The predicted octanol–water partition coefficient (Wildman–Crippen LogP) is 5.99. The Hall–Kier alpha value is -4.18. The Morgan fingerprint density at radius 3 is 1.61 bits per heavy atom.